The first-order chi connectivity index (χ1) is 26.9. The largest absolute Gasteiger partial charge is 1.00 e. The molecule has 4 N–H and O–H groups in total. The molecule has 0 heterocycles. The molecule has 0 aliphatic heterocycles. The summed E-state index contributed by atoms with van der Waals surface area (Å²) in [6.45, 7) is 0. The molecule has 0 amide bonds. The van der Waals surface area contributed by atoms with Crippen LogP contribution in [0.25, 0.3) is 17.2 Å². The Morgan fingerprint density at radius 1 is 0.733 bits per heavy atom. The van der Waals surface area contributed by atoms with Crippen molar-refractivity contribution in [3.63, 3.8) is 0 Å². The summed E-state index contributed by atoms with van der Waals surface area (Å²) in [4.78, 5) is 44.5. The number of rotatable bonds is 11. The van der Waals surface area contributed by atoms with Crippen LogP contribution in [-0.4, -0.2) is 59.8 Å². The molecule has 0 aromatic heterocycles. The molecule has 20 nitrogen and oxygen atoms in total. The predicted octanol–water partition coefficient (Wildman–Crippen LogP) is -5.69. The molecule has 0 atom stereocenters. The Morgan fingerprint density at radius 3 is 1.78 bits per heavy atom. The molecule has 2 aliphatic carbocycles. The summed E-state index contributed by atoms with van der Waals surface area (Å²) in [5, 5.41) is 37.5. The number of non-ortho nitro benzene ring substituents is 1. The van der Waals surface area contributed by atoms with Gasteiger partial charge >= 0.3 is 88.7 Å². The summed E-state index contributed by atoms with van der Waals surface area (Å²) in [6, 6.07) is 18.2. The minimum absolute atomic E-state index is 0. The van der Waals surface area contributed by atoms with Gasteiger partial charge in [-0.2, -0.15) is 15.3 Å². The molecule has 4 aromatic rings. The number of carboxylic acids is 1. The number of nitrogens with one attached hydrogen (secondary N) is 2. The minimum Gasteiger partial charge on any atom is -0.744 e. The summed E-state index contributed by atoms with van der Waals surface area (Å²) in [5.74, 6) is -3.58. The predicted molar refractivity (Wildman–Crippen MR) is 199 cm³/mol. The van der Waals surface area contributed by atoms with E-state index in [0.29, 0.717) is 23.4 Å². The molecule has 288 valence electrons. The van der Waals surface area contributed by atoms with Crippen molar-refractivity contribution >= 4 is 89.4 Å². The van der Waals surface area contributed by atoms with Crippen LogP contribution in [0.5, 0.6) is 0 Å². The summed E-state index contributed by atoms with van der Waals surface area (Å²) in [6.07, 6.45) is 4.11. The molecule has 60 heavy (non-hydrogen) atoms. The number of aliphatic carboxylic acids is 1. The number of nitro groups is 1. The zero-order valence-corrected chi connectivity index (χ0v) is 39.0. The van der Waals surface area contributed by atoms with Crippen LogP contribution in [0.3, 0.4) is 0 Å². The Morgan fingerprint density at radius 2 is 1.28 bits per heavy atom. The van der Waals surface area contributed by atoms with Gasteiger partial charge in [-0.3, -0.25) is 30.6 Å². The number of nitrogen functional groups attached to an aromatic ring is 1. The monoisotopic (exact) mass is 878 g/mol. The molecule has 0 spiro atoms. The standard InChI is InChI=1S/C35H24N8O12S2.3Na/c36-31-30-20(15-28(56(50,51)52)32(31)41-38-23-9-12-25(13-10-23)43(48)49)16-29(57(53,54)55)33(34(30)45)42-39-22-7-3-19(4-8-22)18-1-5-21(6-2-18)37-40-24-11-14-27(44)26(17-24)35(46)47;;;/h1-17,37,39H,36H2,(H,46,47)(H,50,51,52)(H,53,54,55);;;/q;3*+1/p-3/b40-24-,41-38?,42-33+;;;. The van der Waals surface area contributed by atoms with E-state index in [9.17, 15) is 55.5 Å². The molecule has 2 aliphatic rings. The van der Waals surface area contributed by atoms with Crippen LogP contribution in [-0.2, 0) is 29.8 Å². The van der Waals surface area contributed by atoms with Gasteiger partial charge < -0.3 is 24.7 Å². The van der Waals surface area contributed by atoms with E-state index in [0.717, 1.165) is 42.0 Å². The number of Topliss-reactive ketones (excluding diaryl/α,β-unsaturated/α-hetero) is 1. The number of carbonyl (C=O) groups is 3. The zero-order valence-electron chi connectivity index (χ0n) is 31.3. The average molecular weight is 879 g/mol. The van der Waals surface area contributed by atoms with Crippen molar-refractivity contribution in [2.75, 3.05) is 16.6 Å². The Labute approximate surface area is 406 Å². The van der Waals surface area contributed by atoms with Crippen LogP contribution in [0.15, 0.2) is 133 Å². The Hall–Kier alpha value is -4.53. The van der Waals surface area contributed by atoms with Crippen molar-refractivity contribution in [3.8, 4) is 11.1 Å². The maximum absolute atomic E-state index is 13.7. The second-order valence-electron chi connectivity index (χ2n) is 11.7. The fourth-order valence-corrected chi connectivity index (χ4v) is 6.61. The number of benzene rings is 4. The van der Waals surface area contributed by atoms with Gasteiger partial charge in [0.25, 0.3) is 5.69 Å². The number of nitrogens with two attached hydrogens (primary N) is 1. The fourth-order valence-electron chi connectivity index (χ4n) is 5.31. The van der Waals surface area contributed by atoms with E-state index in [1.165, 1.54) is 18.2 Å². The molecule has 0 unspecified atom stereocenters. The van der Waals surface area contributed by atoms with E-state index in [2.05, 4.69) is 31.3 Å². The van der Waals surface area contributed by atoms with Gasteiger partial charge in [0.15, 0.2) is 5.78 Å². The number of nitrogens with zero attached hydrogens (tertiary/aromatic N) is 5. The first kappa shape index (κ1) is 49.8. The van der Waals surface area contributed by atoms with Gasteiger partial charge in [0.1, 0.15) is 31.6 Å². The SMILES string of the molecule is Nc1c(N=Nc2ccc([N+](=O)[O-])cc2)c(S(=O)(=O)[O-])cc2c1C(=O)/C(=N/Nc1ccc(-c3ccc(N/N=C4/C=CC(=O)C(C(=O)[O-])=C4)cc3)cc1)C(S(=O)(=O)[O-])=C2.[Na+].[Na+].[Na+]. The molecule has 25 heteroatoms. The molecular weight excluding hydrogens is 858 g/mol. The van der Waals surface area contributed by atoms with Crippen LogP contribution in [0.1, 0.15) is 15.9 Å². The van der Waals surface area contributed by atoms with Gasteiger partial charge in [-0.05, 0) is 83.5 Å². The summed E-state index contributed by atoms with van der Waals surface area (Å²) in [5.41, 5.74) is 9.43. The molecule has 0 radical (unpaired) electrons. The van der Waals surface area contributed by atoms with Crippen LogP contribution >= 0.6 is 0 Å². The van der Waals surface area contributed by atoms with E-state index in [1.807, 2.05) is 0 Å². The Kier molecular flexibility index (Phi) is 16.9. The van der Waals surface area contributed by atoms with Gasteiger partial charge in [-0.1, -0.05) is 24.3 Å². The number of carboxylic acid groups (broad SMARTS) is 1. The molecule has 4 aromatic carbocycles. The maximum atomic E-state index is 13.7. The number of anilines is 3. The fraction of sp³-hybridized carbons (Fsp3) is 0. The van der Waals surface area contributed by atoms with Crippen molar-refractivity contribution in [2.24, 2.45) is 20.4 Å². The Balaban J connectivity index is 0.00000320. The van der Waals surface area contributed by atoms with E-state index in [1.54, 1.807) is 36.4 Å². The van der Waals surface area contributed by atoms with E-state index in [-0.39, 0.29) is 111 Å². The normalized spacial score (nSPS) is 14.9. The van der Waals surface area contributed by atoms with Crippen molar-refractivity contribution in [1.82, 2.24) is 0 Å². The number of hydrogen-bond acceptors (Lipinski definition) is 19. The number of azo groups is 1. The van der Waals surface area contributed by atoms with Gasteiger partial charge in [-0.15, -0.1) is 5.11 Å². The minimum atomic E-state index is -5.45. The number of hydrogen-bond donors (Lipinski definition) is 3. The smallest absolute Gasteiger partial charge is 0.744 e. The van der Waals surface area contributed by atoms with Gasteiger partial charge in [-0.25, -0.2) is 16.8 Å². The summed E-state index contributed by atoms with van der Waals surface area (Å²) < 4.78 is 73.5. The first-order valence-electron chi connectivity index (χ1n) is 15.8. The van der Waals surface area contributed by atoms with Crippen molar-refractivity contribution in [3.05, 3.63) is 129 Å². The number of nitro benzene ring substituents is 1. The number of carbonyl (C=O) groups excluding carboxylic acids is 3. The van der Waals surface area contributed by atoms with Crippen molar-refractivity contribution in [2.45, 2.75) is 4.90 Å². The first-order valence-corrected chi connectivity index (χ1v) is 18.6. The molecule has 0 saturated heterocycles. The summed E-state index contributed by atoms with van der Waals surface area (Å²) in [7, 11) is -10.8. The molecule has 0 bridgehead atoms. The third kappa shape index (κ3) is 11.4. The number of fused-ring (bicyclic) bond motifs is 1. The molecular formula is C35H21N8Na3O12S2. The van der Waals surface area contributed by atoms with Crippen LogP contribution < -0.4 is 110 Å². The van der Waals surface area contributed by atoms with Crippen LogP contribution in [0, 0.1) is 10.1 Å². The van der Waals surface area contributed by atoms with Crippen molar-refractivity contribution in [1.29, 1.82) is 0 Å². The molecule has 0 saturated carbocycles. The third-order valence-corrected chi connectivity index (χ3v) is 9.76. The second-order valence-corrected chi connectivity index (χ2v) is 14.4. The second kappa shape index (κ2) is 20.4. The van der Waals surface area contributed by atoms with Crippen molar-refractivity contribution < 1.29 is 139 Å². The zero-order chi connectivity index (χ0) is 41.2. The average Bonchev–Trinajstić information content (AvgIpc) is 3.16. The number of allylic oxidation sites excluding steroid dienone is 4. The summed E-state index contributed by atoms with van der Waals surface area (Å²) >= 11 is 0. The topological polar surface area (TPSA) is 331 Å². The van der Waals surface area contributed by atoms with E-state index < -0.39 is 86.3 Å². The number of ketones is 2. The van der Waals surface area contributed by atoms with Crippen LogP contribution in [0.4, 0.5) is 34.1 Å². The maximum Gasteiger partial charge on any atom is 1.00 e. The third-order valence-electron chi connectivity index (χ3n) is 8.06. The van der Waals surface area contributed by atoms with E-state index in [4.69, 9.17) is 5.73 Å². The Bertz CT molecular complexity index is 2830. The quantitative estimate of drug-likeness (QED) is 0.0185. The molecule has 0 fully saturated rings. The van der Waals surface area contributed by atoms with Gasteiger partial charge in [0.2, 0.25) is 5.78 Å². The molecule has 6 rings (SSSR count). The van der Waals surface area contributed by atoms with Gasteiger partial charge in [0, 0.05) is 17.7 Å². The van der Waals surface area contributed by atoms with Crippen LogP contribution in [0.2, 0.25) is 0 Å². The van der Waals surface area contributed by atoms with Gasteiger partial charge in [0.05, 0.1) is 54.7 Å². The number of hydrazone groups is 2. The van der Waals surface area contributed by atoms with E-state index >= 15 is 0 Å².